The maximum Gasteiger partial charge on any atom is 0.284 e. The van der Waals surface area contributed by atoms with Crippen molar-refractivity contribution in [2.45, 2.75) is 13.5 Å². The molecule has 0 saturated carbocycles. The van der Waals surface area contributed by atoms with Crippen molar-refractivity contribution in [1.29, 1.82) is 0 Å². The predicted octanol–water partition coefficient (Wildman–Crippen LogP) is 1.93. The van der Waals surface area contributed by atoms with Crippen LogP contribution in [0.15, 0.2) is 59.7 Å². The summed E-state index contributed by atoms with van der Waals surface area (Å²) >= 11 is 0. The Hall–Kier alpha value is -4.01. The number of aryl methyl sites for hydroxylation is 1. The molecule has 9 heteroatoms. The molecule has 0 unspecified atom stereocenters. The SMILES string of the molecule is COc1ccc(-n2nnc3c(=O)n(CC(=O)Nc4cccc(C)c4)cnc32)cc1. The second kappa shape index (κ2) is 7.55. The van der Waals surface area contributed by atoms with Crippen molar-refractivity contribution < 1.29 is 9.53 Å². The fraction of sp³-hybridized carbons (Fsp3) is 0.150. The molecule has 0 bridgehead atoms. The van der Waals surface area contributed by atoms with Crippen molar-refractivity contribution >= 4 is 22.8 Å². The molecule has 0 spiro atoms. The molecule has 2 aromatic carbocycles. The Labute approximate surface area is 165 Å². The fourth-order valence-electron chi connectivity index (χ4n) is 2.93. The first-order valence-electron chi connectivity index (χ1n) is 8.87. The number of carbonyl (C=O) groups is 1. The molecule has 1 amide bonds. The van der Waals surface area contributed by atoms with E-state index in [4.69, 9.17) is 4.74 Å². The van der Waals surface area contributed by atoms with Crippen LogP contribution in [0.2, 0.25) is 0 Å². The molecule has 4 rings (SSSR count). The van der Waals surface area contributed by atoms with Gasteiger partial charge in [0, 0.05) is 5.69 Å². The maximum atomic E-state index is 12.7. The van der Waals surface area contributed by atoms with Gasteiger partial charge in [0.1, 0.15) is 18.6 Å². The lowest BCUT2D eigenvalue weighted by atomic mass is 10.2. The first-order valence-corrected chi connectivity index (χ1v) is 8.87. The van der Waals surface area contributed by atoms with Gasteiger partial charge in [-0.15, -0.1) is 5.10 Å². The van der Waals surface area contributed by atoms with E-state index in [9.17, 15) is 9.59 Å². The second-order valence-corrected chi connectivity index (χ2v) is 6.47. The number of nitrogens with one attached hydrogen (secondary N) is 1. The van der Waals surface area contributed by atoms with Crippen molar-refractivity contribution in [3.05, 3.63) is 70.8 Å². The largest absolute Gasteiger partial charge is 0.497 e. The topological polar surface area (TPSA) is 104 Å². The van der Waals surface area contributed by atoms with Crippen LogP contribution in [0.1, 0.15) is 5.56 Å². The quantitative estimate of drug-likeness (QED) is 0.558. The van der Waals surface area contributed by atoms with Gasteiger partial charge >= 0.3 is 0 Å². The second-order valence-electron chi connectivity index (χ2n) is 6.47. The Morgan fingerprint density at radius 2 is 1.97 bits per heavy atom. The minimum absolute atomic E-state index is 0.0895. The normalized spacial score (nSPS) is 10.8. The van der Waals surface area contributed by atoms with Crippen LogP contribution in [0.25, 0.3) is 16.9 Å². The molecule has 0 aliphatic carbocycles. The van der Waals surface area contributed by atoms with Crippen molar-refractivity contribution in [1.82, 2.24) is 24.5 Å². The molecule has 29 heavy (non-hydrogen) atoms. The molecule has 1 N–H and O–H groups in total. The Balaban J connectivity index is 1.59. The molecule has 0 radical (unpaired) electrons. The Morgan fingerprint density at radius 1 is 1.17 bits per heavy atom. The zero-order valence-electron chi connectivity index (χ0n) is 15.9. The molecular weight excluding hydrogens is 372 g/mol. The number of aromatic nitrogens is 5. The Morgan fingerprint density at radius 3 is 2.69 bits per heavy atom. The standard InChI is InChI=1S/C20H18N6O3/c1-13-4-3-5-14(10-13)22-17(27)11-25-12-21-19-18(20(25)28)23-24-26(19)15-6-8-16(29-2)9-7-15/h3-10,12H,11H2,1-2H3,(H,22,27). The van der Waals surface area contributed by atoms with E-state index in [1.165, 1.54) is 15.6 Å². The minimum atomic E-state index is -0.436. The van der Waals surface area contributed by atoms with Gasteiger partial charge in [0.15, 0.2) is 11.2 Å². The molecule has 0 aliphatic heterocycles. The van der Waals surface area contributed by atoms with Crippen LogP contribution >= 0.6 is 0 Å². The van der Waals surface area contributed by atoms with Crippen LogP contribution in [0, 0.1) is 6.92 Å². The number of benzene rings is 2. The van der Waals surface area contributed by atoms with Crippen LogP contribution in [0.5, 0.6) is 5.75 Å². The van der Waals surface area contributed by atoms with Crippen LogP contribution in [0.3, 0.4) is 0 Å². The van der Waals surface area contributed by atoms with Crippen molar-refractivity contribution in [2.75, 3.05) is 12.4 Å². The van der Waals surface area contributed by atoms with Gasteiger partial charge in [0.25, 0.3) is 5.56 Å². The lowest BCUT2D eigenvalue weighted by molar-refractivity contribution is -0.116. The number of fused-ring (bicyclic) bond motifs is 1. The van der Waals surface area contributed by atoms with Gasteiger partial charge in [-0.3, -0.25) is 14.2 Å². The van der Waals surface area contributed by atoms with Crippen molar-refractivity contribution in [3.8, 4) is 11.4 Å². The molecule has 0 atom stereocenters. The fourth-order valence-corrected chi connectivity index (χ4v) is 2.93. The average Bonchev–Trinajstić information content (AvgIpc) is 3.15. The van der Waals surface area contributed by atoms with Gasteiger partial charge in [0.2, 0.25) is 5.91 Å². The number of ether oxygens (including phenoxy) is 1. The molecule has 0 saturated heterocycles. The molecule has 9 nitrogen and oxygen atoms in total. The number of methoxy groups -OCH3 is 1. The number of hydrogen-bond donors (Lipinski definition) is 1. The number of anilines is 1. The predicted molar refractivity (Wildman–Crippen MR) is 107 cm³/mol. The van der Waals surface area contributed by atoms with Gasteiger partial charge in [-0.2, -0.15) is 4.68 Å². The monoisotopic (exact) mass is 390 g/mol. The van der Waals surface area contributed by atoms with E-state index in [0.29, 0.717) is 22.8 Å². The highest BCUT2D eigenvalue weighted by molar-refractivity contribution is 5.90. The van der Waals surface area contributed by atoms with Gasteiger partial charge in [-0.1, -0.05) is 17.3 Å². The molecule has 2 heterocycles. The summed E-state index contributed by atoms with van der Waals surface area (Å²) < 4.78 is 7.82. The number of rotatable bonds is 5. The average molecular weight is 390 g/mol. The lowest BCUT2D eigenvalue weighted by Gasteiger charge is -2.08. The third kappa shape index (κ3) is 3.70. The van der Waals surface area contributed by atoms with E-state index in [1.807, 2.05) is 25.1 Å². The van der Waals surface area contributed by atoms with E-state index >= 15 is 0 Å². The first kappa shape index (κ1) is 18.4. The maximum absolute atomic E-state index is 12.7. The van der Waals surface area contributed by atoms with Crippen molar-refractivity contribution in [2.24, 2.45) is 0 Å². The zero-order chi connectivity index (χ0) is 20.4. The van der Waals surface area contributed by atoms with Crippen LogP contribution in [0.4, 0.5) is 5.69 Å². The number of hydrogen-bond acceptors (Lipinski definition) is 6. The van der Waals surface area contributed by atoms with E-state index in [2.05, 4.69) is 20.6 Å². The van der Waals surface area contributed by atoms with E-state index in [-0.39, 0.29) is 18.0 Å². The van der Waals surface area contributed by atoms with Crippen LogP contribution < -0.4 is 15.6 Å². The van der Waals surface area contributed by atoms with E-state index < -0.39 is 5.56 Å². The highest BCUT2D eigenvalue weighted by Gasteiger charge is 2.15. The first-order chi connectivity index (χ1) is 14.0. The minimum Gasteiger partial charge on any atom is -0.497 e. The molecule has 0 aliphatic rings. The summed E-state index contributed by atoms with van der Waals surface area (Å²) in [7, 11) is 1.58. The van der Waals surface area contributed by atoms with Gasteiger partial charge in [0.05, 0.1) is 12.8 Å². The van der Waals surface area contributed by atoms with E-state index in [0.717, 1.165) is 5.56 Å². The summed E-state index contributed by atoms with van der Waals surface area (Å²) in [5.41, 5.74) is 2.35. The van der Waals surface area contributed by atoms with E-state index in [1.54, 1.807) is 37.4 Å². The summed E-state index contributed by atoms with van der Waals surface area (Å²) in [4.78, 5) is 29.3. The summed E-state index contributed by atoms with van der Waals surface area (Å²) in [6.07, 6.45) is 1.32. The third-order valence-electron chi connectivity index (χ3n) is 4.36. The molecule has 146 valence electrons. The Kier molecular flexibility index (Phi) is 4.78. The molecular formula is C20H18N6O3. The Bertz CT molecular complexity index is 1240. The van der Waals surface area contributed by atoms with Gasteiger partial charge in [-0.25, -0.2) is 4.98 Å². The van der Waals surface area contributed by atoms with Crippen molar-refractivity contribution in [3.63, 3.8) is 0 Å². The smallest absolute Gasteiger partial charge is 0.284 e. The summed E-state index contributed by atoms with van der Waals surface area (Å²) in [6, 6.07) is 14.6. The summed E-state index contributed by atoms with van der Waals surface area (Å²) in [5.74, 6) is 0.370. The van der Waals surface area contributed by atoms with Gasteiger partial charge in [-0.05, 0) is 48.9 Å². The molecule has 2 aromatic heterocycles. The molecule has 4 aromatic rings. The third-order valence-corrected chi connectivity index (χ3v) is 4.36. The number of nitrogens with zero attached hydrogens (tertiary/aromatic N) is 5. The summed E-state index contributed by atoms with van der Waals surface area (Å²) in [6.45, 7) is 1.76. The molecule has 0 fully saturated rings. The number of carbonyl (C=O) groups excluding carboxylic acids is 1. The summed E-state index contributed by atoms with van der Waals surface area (Å²) in [5, 5.41) is 10.8. The highest BCUT2D eigenvalue weighted by atomic mass is 16.5. The van der Waals surface area contributed by atoms with Crippen LogP contribution in [-0.2, 0) is 11.3 Å². The van der Waals surface area contributed by atoms with Gasteiger partial charge < -0.3 is 10.1 Å². The van der Waals surface area contributed by atoms with Crippen LogP contribution in [-0.4, -0.2) is 37.6 Å². The highest BCUT2D eigenvalue weighted by Crippen LogP contribution is 2.16. The zero-order valence-corrected chi connectivity index (χ0v) is 15.9. The number of amides is 1. The lowest BCUT2D eigenvalue weighted by Crippen LogP contribution is -2.28.